The van der Waals surface area contributed by atoms with Gasteiger partial charge in [0.25, 0.3) is 0 Å². The second-order valence-corrected chi connectivity index (χ2v) is 7.33. The molecule has 0 unspecified atom stereocenters. The summed E-state index contributed by atoms with van der Waals surface area (Å²) in [4.78, 5) is 24.9. The number of primary amides is 1. The third-order valence-corrected chi connectivity index (χ3v) is 5.38. The molecule has 0 atom stereocenters. The highest BCUT2D eigenvalue weighted by atomic mass is 16.2. The Kier molecular flexibility index (Phi) is 3.88. The molecule has 1 aromatic carbocycles. The van der Waals surface area contributed by atoms with Gasteiger partial charge in [-0.25, -0.2) is 19.7 Å². The maximum absolute atomic E-state index is 11.3. The minimum Gasteiger partial charge on any atom is -0.382 e. The summed E-state index contributed by atoms with van der Waals surface area (Å²) < 4.78 is 2.81. The van der Waals surface area contributed by atoms with Crippen LogP contribution in [0.4, 0.5) is 10.6 Å². The van der Waals surface area contributed by atoms with Crippen molar-refractivity contribution in [2.75, 3.05) is 5.73 Å². The summed E-state index contributed by atoms with van der Waals surface area (Å²) in [5.41, 5.74) is 13.8. The van der Waals surface area contributed by atoms with Gasteiger partial charge in [-0.15, -0.1) is 5.10 Å². The summed E-state index contributed by atoms with van der Waals surface area (Å²) >= 11 is 0. The highest BCUT2D eigenvalue weighted by Gasteiger charge is 2.49. The van der Waals surface area contributed by atoms with Gasteiger partial charge in [0.1, 0.15) is 23.0 Å². The molecule has 0 radical (unpaired) electrons. The first-order valence-corrected chi connectivity index (χ1v) is 9.43. The van der Waals surface area contributed by atoms with Crippen LogP contribution >= 0.6 is 0 Å². The monoisotopic (exact) mass is 401 g/mol. The average Bonchev–Trinajstić information content (AvgIpc) is 3.22. The molecule has 3 heterocycles. The Morgan fingerprint density at radius 3 is 2.57 bits per heavy atom. The fourth-order valence-electron chi connectivity index (χ4n) is 3.72. The molecule has 5 rings (SSSR count). The molecule has 3 aromatic heterocycles. The molecule has 0 spiro atoms. The molecule has 150 valence electrons. The first kappa shape index (κ1) is 18.0. The van der Waals surface area contributed by atoms with Crippen molar-refractivity contribution >= 4 is 11.8 Å². The van der Waals surface area contributed by atoms with Gasteiger partial charge in [0.2, 0.25) is 5.82 Å². The van der Waals surface area contributed by atoms with Crippen molar-refractivity contribution in [3.05, 3.63) is 60.3 Å². The lowest BCUT2D eigenvalue weighted by molar-refractivity contribution is 0.247. The molecule has 1 aliphatic carbocycles. The fourth-order valence-corrected chi connectivity index (χ4v) is 3.72. The van der Waals surface area contributed by atoms with Crippen molar-refractivity contribution in [2.45, 2.75) is 18.3 Å². The molecule has 10 nitrogen and oxygen atoms in total. The van der Waals surface area contributed by atoms with Crippen LogP contribution in [-0.2, 0) is 12.5 Å². The number of hydrogen-bond acceptors (Lipinski definition) is 7. The SMILES string of the molecule is Cn1nc(-c2cnc(N)c(-c3cnn(C(N)=O)c3)n2)nc1C1(c2ccccc2)CC1. The van der Waals surface area contributed by atoms with E-state index in [4.69, 9.17) is 16.5 Å². The van der Waals surface area contributed by atoms with Crippen molar-refractivity contribution in [3.63, 3.8) is 0 Å². The third kappa shape index (κ3) is 2.81. The number of aryl methyl sites for hydroxylation is 1. The van der Waals surface area contributed by atoms with E-state index in [2.05, 4.69) is 32.3 Å². The summed E-state index contributed by atoms with van der Waals surface area (Å²) in [7, 11) is 1.89. The number of benzene rings is 1. The van der Waals surface area contributed by atoms with Gasteiger partial charge >= 0.3 is 6.03 Å². The highest BCUT2D eigenvalue weighted by molar-refractivity contribution is 5.77. The average molecular weight is 401 g/mol. The van der Waals surface area contributed by atoms with Crippen LogP contribution in [0.25, 0.3) is 22.8 Å². The molecule has 0 aliphatic heterocycles. The molecular formula is C20H19N9O. The van der Waals surface area contributed by atoms with Crippen LogP contribution < -0.4 is 11.5 Å². The van der Waals surface area contributed by atoms with Gasteiger partial charge in [-0.05, 0) is 18.4 Å². The zero-order valence-electron chi connectivity index (χ0n) is 16.2. The molecule has 1 amide bonds. The number of anilines is 1. The van der Waals surface area contributed by atoms with E-state index in [1.165, 1.54) is 18.0 Å². The van der Waals surface area contributed by atoms with Crippen LogP contribution in [0.3, 0.4) is 0 Å². The van der Waals surface area contributed by atoms with Gasteiger partial charge in [0, 0.05) is 18.8 Å². The topological polar surface area (TPSA) is 143 Å². The fraction of sp³-hybridized carbons (Fsp3) is 0.200. The zero-order chi connectivity index (χ0) is 20.9. The van der Waals surface area contributed by atoms with Gasteiger partial charge < -0.3 is 11.5 Å². The number of nitrogens with two attached hydrogens (primary N) is 2. The quantitative estimate of drug-likeness (QED) is 0.530. The Labute approximate surface area is 171 Å². The number of rotatable bonds is 4. The predicted octanol–water partition coefficient (Wildman–Crippen LogP) is 1.72. The number of nitrogens with zero attached hydrogens (tertiary/aromatic N) is 7. The lowest BCUT2D eigenvalue weighted by atomic mass is 9.95. The first-order valence-electron chi connectivity index (χ1n) is 9.43. The Balaban J connectivity index is 1.54. The van der Waals surface area contributed by atoms with E-state index < -0.39 is 6.03 Å². The van der Waals surface area contributed by atoms with Gasteiger partial charge in [0.15, 0.2) is 0 Å². The highest BCUT2D eigenvalue weighted by Crippen LogP contribution is 2.52. The largest absolute Gasteiger partial charge is 0.382 e. The number of hydrogen-bond donors (Lipinski definition) is 2. The molecule has 0 bridgehead atoms. The summed E-state index contributed by atoms with van der Waals surface area (Å²) in [5, 5.41) is 8.49. The third-order valence-electron chi connectivity index (χ3n) is 5.38. The van der Waals surface area contributed by atoms with Gasteiger partial charge in [-0.2, -0.15) is 9.78 Å². The Morgan fingerprint density at radius 2 is 1.90 bits per heavy atom. The van der Waals surface area contributed by atoms with E-state index in [1.54, 1.807) is 10.9 Å². The van der Waals surface area contributed by atoms with E-state index in [-0.39, 0.29) is 11.2 Å². The number of amides is 1. The van der Waals surface area contributed by atoms with Crippen molar-refractivity contribution < 1.29 is 4.79 Å². The molecule has 30 heavy (non-hydrogen) atoms. The summed E-state index contributed by atoms with van der Waals surface area (Å²) in [6, 6.07) is 9.63. The van der Waals surface area contributed by atoms with Crippen molar-refractivity contribution in [2.24, 2.45) is 12.8 Å². The molecule has 1 saturated carbocycles. The van der Waals surface area contributed by atoms with E-state index in [9.17, 15) is 4.79 Å². The van der Waals surface area contributed by atoms with E-state index >= 15 is 0 Å². The maximum Gasteiger partial charge on any atom is 0.339 e. The number of aromatic nitrogens is 7. The second-order valence-electron chi connectivity index (χ2n) is 7.33. The van der Waals surface area contributed by atoms with Gasteiger partial charge in [-0.3, -0.25) is 4.68 Å². The Hall–Kier alpha value is -4.08. The maximum atomic E-state index is 11.3. The lowest BCUT2D eigenvalue weighted by Gasteiger charge is -2.14. The van der Waals surface area contributed by atoms with Gasteiger partial charge in [0.05, 0.1) is 17.8 Å². The first-order chi connectivity index (χ1) is 14.5. The van der Waals surface area contributed by atoms with Crippen molar-refractivity contribution in [1.29, 1.82) is 0 Å². The van der Waals surface area contributed by atoms with Crippen LogP contribution in [0.15, 0.2) is 48.9 Å². The van der Waals surface area contributed by atoms with Gasteiger partial charge in [-0.1, -0.05) is 30.3 Å². The molecule has 0 saturated heterocycles. The lowest BCUT2D eigenvalue weighted by Crippen LogP contribution is -2.19. The molecule has 1 fully saturated rings. The second kappa shape index (κ2) is 6.48. The van der Waals surface area contributed by atoms with E-state index in [1.807, 2.05) is 25.2 Å². The smallest absolute Gasteiger partial charge is 0.339 e. The molecular weight excluding hydrogens is 382 g/mol. The minimum absolute atomic E-state index is 0.117. The molecule has 1 aliphatic rings. The summed E-state index contributed by atoms with van der Waals surface area (Å²) in [5.74, 6) is 1.57. The molecule has 4 aromatic rings. The predicted molar refractivity (Wildman–Crippen MR) is 109 cm³/mol. The van der Waals surface area contributed by atoms with Crippen LogP contribution in [0.2, 0.25) is 0 Å². The van der Waals surface area contributed by atoms with Crippen LogP contribution in [0.1, 0.15) is 24.2 Å². The summed E-state index contributed by atoms with van der Waals surface area (Å²) in [6.07, 6.45) is 6.50. The standard InChI is InChI=1S/C20H19N9O/c1-28-18(20(7-8-20)13-5-3-2-4-6-13)26-17(27-28)14-10-23-16(21)15(25-14)12-9-24-29(11-12)19(22)30/h2-6,9-11H,7-8H2,1H3,(H2,21,23)(H2,22,30). The zero-order valence-corrected chi connectivity index (χ0v) is 16.2. The van der Waals surface area contributed by atoms with Crippen LogP contribution in [0, 0.1) is 0 Å². The van der Waals surface area contributed by atoms with E-state index in [0.29, 0.717) is 22.8 Å². The number of carbonyl (C=O) groups excluding carboxylic acids is 1. The van der Waals surface area contributed by atoms with Crippen LogP contribution in [-0.4, -0.2) is 40.5 Å². The number of nitrogen functional groups attached to an aromatic ring is 1. The number of carbonyl (C=O) groups is 1. The summed E-state index contributed by atoms with van der Waals surface area (Å²) in [6.45, 7) is 0. The molecule has 10 heteroatoms. The normalized spacial score (nSPS) is 14.6. The van der Waals surface area contributed by atoms with Crippen LogP contribution in [0.5, 0.6) is 0 Å². The van der Waals surface area contributed by atoms with Crippen molar-refractivity contribution in [3.8, 4) is 22.8 Å². The Bertz CT molecular complexity index is 1250. The Morgan fingerprint density at radius 1 is 1.13 bits per heavy atom. The van der Waals surface area contributed by atoms with E-state index in [0.717, 1.165) is 23.3 Å². The van der Waals surface area contributed by atoms with Crippen molar-refractivity contribution in [1.82, 2.24) is 34.5 Å². The minimum atomic E-state index is -0.699. The molecule has 4 N–H and O–H groups in total.